The van der Waals surface area contributed by atoms with Gasteiger partial charge in [0.05, 0.1) is 8.95 Å². The van der Waals surface area contributed by atoms with Crippen LogP contribution in [-0.2, 0) is 0 Å². The molecule has 5 heteroatoms. The third-order valence-electron chi connectivity index (χ3n) is 2.44. The molecule has 1 rings (SSSR count). The summed E-state index contributed by atoms with van der Waals surface area (Å²) in [6.45, 7) is 0.704. The lowest BCUT2D eigenvalue weighted by Gasteiger charge is -2.13. The van der Waals surface area contributed by atoms with E-state index >= 15 is 0 Å². The summed E-state index contributed by atoms with van der Waals surface area (Å²) in [6.07, 6.45) is 2.92. The third kappa shape index (κ3) is 3.73. The summed E-state index contributed by atoms with van der Waals surface area (Å²) >= 11 is 6.58. The van der Waals surface area contributed by atoms with E-state index in [1.54, 1.807) is 0 Å². The number of hydrogen-bond acceptors (Lipinski definition) is 3. The molecule has 5 N–H and O–H groups in total. The molecule has 0 aliphatic heterocycles. The predicted molar refractivity (Wildman–Crippen MR) is 73.3 cm³/mol. The monoisotopic (exact) mass is 350 g/mol. The van der Waals surface area contributed by atoms with Crippen LogP contribution in [0.3, 0.4) is 0 Å². The fourth-order valence-corrected chi connectivity index (χ4v) is 2.70. The van der Waals surface area contributed by atoms with Crippen molar-refractivity contribution in [2.24, 2.45) is 11.5 Å². The van der Waals surface area contributed by atoms with Gasteiger partial charge < -0.3 is 16.6 Å². The van der Waals surface area contributed by atoms with Crippen molar-refractivity contribution >= 4 is 31.9 Å². The molecule has 0 heterocycles. The van der Waals surface area contributed by atoms with Crippen LogP contribution >= 0.6 is 31.9 Å². The quantitative estimate of drug-likeness (QED) is 0.714. The number of aromatic hydroxyl groups is 1. The highest BCUT2D eigenvalue weighted by Gasteiger charge is 2.11. The predicted octanol–water partition coefficient (Wildman–Crippen LogP) is 3.05. The first-order valence-corrected chi connectivity index (χ1v) is 6.78. The van der Waals surface area contributed by atoms with Crippen LogP contribution in [-0.4, -0.2) is 11.7 Å². The van der Waals surface area contributed by atoms with Crippen molar-refractivity contribution in [3.8, 4) is 5.75 Å². The summed E-state index contributed by atoms with van der Waals surface area (Å²) in [4.78, 5) is 0. The van der Waals surface area contributed by atoms with Gasteiger partial charge in [0, 0.05) is 6.04 Å². The molecule has 0 saturated heterocycles. The Morgan fingerprint density at radius 2 is 1.75 bits per heavy atom. The lowest BCUT2D eigenvalue weighted by molar-refractivity contribution is 0.467. The smallest absolute Gasteiger partial charge is 0.143 e. The highest BCUT2D eigenvalue weighted by molar-refractivity contribution is 9.11. The van der Waals surface area contributed by atoms with Crippen molar-refractivity contribution in [2.45, 2.75) is 25.3 Å². The zero-order chi connectivity index (χ0) is 12.1. The fourth-order valence-electron chi connectivity index (χ4n) is 1.47. The molecular formula is C11H16Br2N2O. The number of nitrogens with two attached hydrogens (primary N) is 2. The minimum absolute atomic E-state index is 0.0141. The van der Waals surface area contributed by atoms with Crippen molar-refractivity contribution in [1.29, 1.82) is 0 Å². The van der Waals surface area contributed by atoms with Gasteiger partial charge in [0.2, 0.25) is 0 Å². The molecule has 1 aromatic rings. The maximum atomic E-state index is 9.58. The number of rotatable bonds is 5. The van der Waals surface area contributed by atoms with E-state index in [1.807, 2.05) is 12.1 Å². The molecule has 1 atom stereocenters. The molecule has 0 fully saturated rings. The number of phenolic OH excluding ortho intramolecular Hbond substituents is 1. The highest BCUT2D eigenvalue weighted by Crippen LogP contribution is 2.35. The van der Waals surface area contributed by atoms with E-state index in [4.69, 9.17) is 11.5 Å². The first kappa shape index (κ1) is 14.0. The Kier molecular flexibility index (Phi) is 5.75. The third-order valence-corrected chi connectivity index (χ3v) is 3.65. The standard InChI is InChI=1S/C11H16Br2N2O/c12-8-5-7(6-9(13)11(8)16)10(15)3-1-2-4-14/h5-6,10,16H,1-4,14-15H2/t10-/m0/s1. The Morgan fingerprint density at radius 1 is 1.19 bits per heavy atom. The minimum atomic E-state index is -0.0141. The summed E-state index contributed by atoms with van der Waals surface area (Å²) < 4.78 is 1.32. The van der Waals surface area contributed by atoms with Gasteiger partial charge in [0.15, 0.2) is 0 Å². The van der Waals surface area contributed by atoms with Crippen LogP contribution in [0.2, 0.25) is 0 Å². The second-order valence-electron chi connectivity index (χ2n) is 3.72. The molecule has 0 bridgehead atoms. The van der Waals surface area contributed by atoms with Crippen molar-refractivity contribution in [2.75, 3.05) is 6.54 Å². The van der Waals surface area contributed by atoms with E-state index in [2.05, 4.69) is 31.9 Å². The van der Waals surface area contributed by atoms with E-state index < -0.39 is 0 Å². The summed E-state index contributed by atoms with van der Waals surface area (Å²) in [5, 5.41) is 9.58. The second-order valence-corrected chi connectivity index (χ2v) is 5.43. The number of hydrogen-bond donors (Lipinski definition) is 3. The lowest BCUT2D eigenvalue weighted by Crippen LogP contribution is -2.11. The number of phenols is 1. The molecule has 0 radical (unpaired) electrons. The van der Waals surface area contributed by atoms with Crippen LogP contribution < -0.4 is 11.5 Å². The lowest BCUT2D eigenvalue weighted by atomic mass is 10.0. The maximum Gasteiger partial charge on any atom is 0.143 e. The molecule has 16 heavy (non-hydrogen) atoms. The Hall–Kier alpha value is -0.100. The first-order valence-electron chi connectivity index (χ1n) is 5.19. The summed E-state index contributed by atoms with van der Waals surface area (Å²) in [6, 6.07) is 3.69. The molecule has 3 nitrogen and oxygen atoms in total. The molecule has 0 unspecified atom stereocenters. The summed E-state index contributed by atoms with van der Waals surface area (Å²) in [5.41, 5.74) is 12.5. The van der Waals surface area contributed by atoms with E-state index in [1.165, 1.54) is 0 Å². The van der Waals surface area contributed by atoms with Gasteiger partial charge in [-0.25, -0.2) is 0 Å². The molecule has 0 aliphatic rings. The van der Waals surface area contributed by atoms with Gasteiger partial charge in [-0.2, -0.15) is 0 Å². The molecule has 0 aromatic heterocycles. The van der Waals surface area contributed by atoms with Gasteiger partial charge in [-0.3, -0.25) is 0 Å². The van der Waals surface area contributed by atoms with Crippen LogP contribution in [0.4, 0.5) is 0 Å². The van der Waals surface area contributed by atoms with Gasteiger partial charge in [-0.15, -0.1) is 0 Å². The van der Waals surface area contributed by atoms with Gasteiger partial charge in [0.25, 0.3) is 0 Å². The van der Waals surface area contributed by atoms with Crippen molar-refractivity contribution < 1.29 is 5.11 Å². The number of halogens is 2. The Balaban J connectivity index is 2.72. The van der Waals surface area contributed by atoms with E-state index in [0.717, 1.165) is 24.8 Å². The Labute approximate surface area is 112 Å². The van der Waals surface area contributed by atoms with Crippen LogP contribution in [0.15, 0.2) is 21.1 Å². The van der Waals surface area contributed by atoms with E-state index in [9.17, 15) is 5.11 Å². The van der Waals surface area contributed by atoms with Gasteiger partial charge in [-0.05, 0) is 68.9 Å². The van der Waals surface area contributed by atoms with Gasteiger partial charge in [0.1, 0.15) is 5.75 Å². The zero-order valence-corrected chi connectivity index (χ0v) is 12.1. The molecule has 1 aromatic carbocycles. The number of benzene rings is 1. The first-order chi connectivity index (χ1) is 7.56. The zero-order valence-electron chi connectivity index (χ0n) is 8.92. The molecular weight excluding hydrogens is 336 g/mol. The average Bonchev–Trinajstić information content (AvgIpc) is 2.25. The van der Waals surface area contributed by atoms with Crippen LogP contribution in [0.25, 0.3) is 0 Å². The topological polar surface area (TPSA) is 72.3 Å². The molecule has 0 saturated carbocycles. The second kappa shape index (κ2) is 6.59. The fraction of sp³-hybridized carbons (Fsp3) is 0.455. The molecule has 0 aliphatic carbocycles. The molecule has 90 valence electrons. The van der Waals surface area contributed by atoms with E-state index in [0.29, 0.717) is 15.5 Å². The van der Waals surface area contributed by atoms with Crippen molar-refractivity contribution in [3.63, 3.8) is 0 Å². The van der Waals surface area contributed by atoms with Gasteiger partial charge in [-0.1, -0.05) is 6.42 Å². The normalized spacial score (nSPS) is 12.8. The Morgan fingerprint density at radius 3 is 2.25 bits per heavy atom. The SMILES string of the molecule is NCCCC[C@H](N)c1cc(Br)c(O)c(Br)c1. The largest absolute Gasteiger partial charge is 0.506 e. The maximum absolute atomic E-state index is 9.58. The van der Waals surface area contributed by atoms with Crippen LogP contribution in [0, 0.1) is 0 Å². The van der Waals surface area contributed by atoms with E-state index in [-0.39, 0.29) is 11.8 Å². The summed E-state index contributed by atoms with van der Waals surface area (Å²) in [7, 11) is 0. The molecule has 0 amide bonds. The molecule has 0 spiro atoms. The minimum Gasteiger partial charge on any atom is -0.506 e. The van der Waals surface area contributed by atoms with Crippen molar-refractivity contribution in [3.05, 3.63) is 26.6 Å². The summed E-state index contributed by atoms with van der Waals surface area (Å²) in [5.74, 6) is 0.206. The number of unbranched alkanes of at least 4 members (excludes halogenated alkanes) is 1. The average molecular weight is 352 g/mol. The highest BCUT2D eigenvalue weighted by atomic mass is 79.9. The van der Waals surface area contributed by atoms with Crippen LogP contribution in [0.5, 0.6) is 5.75 Å². The van der Waals surface area contributed by atoms with Crippen LogP contribution in [0.1, 0.15) is 30.9 Å². The van der Waals surface area contributed by atoms with Crippen molar-refractivity contribution in [1.82, 2.24) is 0 Å². The Bertz CT molecular complexity index is 335. The van der Waals surface area contributed by atoms with Gasteiger partial charge >= 0.3 is 0 Å².